The molecule has 0 atom stereocenters. The van der Waals surface area contributed by atoms with Gasteiger partial charge in [-0.1, -0.05) is 6.07 Å². The van der Waals surface area contributed by atoms with Gasteiger partial charge in [0.25, 0.3) is 11.8 Å². The zero-order chi connectivity index (χ0) is 18.7. The number of anilines is 1. The summed E-state index contributed by atoms with van der Waals surface area (Å²) in [7, 11) is 0. The Hall–Kier alpha value is -3.13. The number of hydrogen-bond donors (Lipinski definition) is 1. The van der Waals surface area contributed by atoms with Crippen LogP contribution in [-0.4, -0.2) is 24.4 Å². The summed E-state index contributed by atoms with van der Waals surface area (Å²) in [6.45, 7) is 4.46. The Bertz CT molecular complexity index is 879. The van der Waals surface area contributed by atoms with Gasteiger partial charge in [0, 0.05) is 29.4 Å². The van der Waals surface area contributed by atoms with Gasteiger partial charge in [-0.25, -0.2) is 0 Å². The minimum Gasteiger partial charge on any atom is -0.350 e. The summed E-state index contributed by atoms with van der Waals surface area (Å²) in [5.74, 6) is -0.221. The van der Waals surface area contributed by atoms with Crippen LogP contribution in [0.25, 0.3) is 0 Å². The average Bonchev–Trinajstić information content (AvgIpc) is 2.66. The number of rotatable bonds is 3. The number of nitrogens with one attached hydrogen (secondary N) is 1. The molecule has 0 bridgehead atoms. The summed E-state index contributed by atoms with van der Waals surface area (Å²) in [5, 5.41) is 11.8. The van der Waals surface area contributed by atoms with Crippen molar-refractivity contribution in [3.63, 3.8) is 0 Å². The molecule has 0 aromatic heterocycles. The lowest BCUT2D eigenvalue weighted by Crippen LogP contribution is -2.37. The SMILES string of the molecule is CC(C)NC(=O)c1cccc2c1CCCN2C(=O)c1ccc(C#N)cc1. The fraction of sp³-hybridized carbons (Fsp3) is 0.286. The van der Waals surface area contributed by atoms with E-state index in [0.29, 0.717) is 23.2 Å². The fourth-order valence-corrected chi connectivity index (χ4v) is 3.23. The van der Waals surface area contributed by atoms with Gasteiger partial charge in [0.05, 0.1) is 11.6 Å². The smallest absolute Gasteiger partial charge is 0.258 e. The molecule has 1 heterocycles. The van der Waals surface area contributed by atoms with Crippen LogP contribution < -0.4 is 10.2 Å². The number of nitrogens with zero attached hydrogens (tertiary/aromatic N) is 2. The zero-order valence-electron chi connectivity index (χ0n) is 15.0. The van der Waals surface area contributed by atoms with Gasteiger partial charge in [-0.3, -0.25) is 9.59 Å². The van der Waals surface area contributed by atoms with E-state index in [1.165, 1.54) is 0 Å². The van der Waals surface area contributed by atoms with Gasteiger partial charge in [0.15, 0.2) is 0 Å². The van der Waals surface area contributed by atoms with Gasteiger partial charge in [-0.15, -0.1) is 0 Å². The molecule has 0 unspecified atom stereocenters. The molecule has 0 aliphatic carbocycles. The van der Waals surface area contributed by atoms with Gasteiger partial charge in [-0.2, -0.15) is 5.26 Å². The van der Waals surface area contributed by atoms with Crippen molar-refractivity contribution in [2.45, 2.75) is 32.7 Å². The third kappa shape index (κ3) is 3.45. The second-order valence-electron chi connectivity index (χ2n) is 6.68. The van der Waals surface area contributed by atoms with Crippen molar-refractivity contribution in [2.24, 2.45) is 0 Å². The summed E-state index contributed by atoms with van der Waals surface area (Å²) in [4.78, 5) is 27.2. The van der Waals surface area contributed by atoms with E-state index in [2.05, 4.69) is 11.4 Å². The van der Waals surface area contributed by atoms with E-state index in [4.69, 9.17) is 5.26 Å². The van der Waals surface area contributed by atoms with Crippen LogP contribution in [-0.2, 0) is 6.42 Å². The van der Waals surface area contributed by atoms with Crippen LogP contribution in [0.15, 0.2) is 42.5 Å². The van der Waals surface area contributed by atoms with Crippen LogP contribution >= 0.6 is 0 Å². The highest BCUT2D eigenvalue weighted by molar-refractivity contribution is 6.08. The maximum atomic E-state index is 13.0. The second kappa shape index (κ2) is 7.40. The van der Waals surface area contributed by atoms with Crippen molar-refractivity contribution >= 4 is 17.5 Å². The number of fused-ring (bicyclic) bond motifs is 1. The molecule has 26 heavy (non-hydrogen) atoms. The molecule has 2 amide bonds. The van der Waals surface area contributed by atoms with Crippen molar-refractivity contribution in [1.82, 2.24) is 5.32 Å². The third-order valence-electron chi connectivity index (χ3n) is 4.42. The van der Waals surface area contributed by atoms with Crippen LogP contribution in [0.1, 0.15) is 52.1 Å². The second-order valence-corrected chi connectivity index (χ2v) is 6.68. The standard InChI is InChI=1S/C21H21N3O2/c1-14(2)23-20(25)18-5-3-7-19-17(18)6-4-12-24(19)21(26)16-10-8-15(13-22)9-11-16/h3,5,7-11,14H,4,6,12H2,1-2H3,(H,23,25). The normalized spacial score (nSPS) is 13.1. The number of amides is 2. The Morgan fingerprint density at radius 2 is 1.88 bits per heavy atom. The maximum absolute atomic E-state index is 13.0. The van der Waals surface area contributed by atoms with Crippen LogP contribution in [0.4, 0.5) is 5.69 Å². The van der Waals surface area contributed by atoms with Crippen LogP contribution in [0.3, 0.4) is 0 Å². The van der Waals surface area contributed by atoms with E-state index in [1.807, 2.05) is 32.0 Å². The van der Waals surface area contributed by atoms with Crippen molar-refractivity contribution in [1.29, 1.82) is 5.26 Å². The molecule has 0 spiro atoms. The molecule has 2 aromatic rings. The molecule has 1 N–H and O–H groups in total. The van der Waals surface area contributed by atoms with Crippen LogP contribution in [0, 0.1) is 11.3 Å². The molecule has 2 aromatic carbocycles. The lowest BCUT2D eigenvalue weighted by atomic mass is 9.95. The van der Waals surface area contributed by atoms with Gasteiger partial charge < -0.3 is 10.2 Å². The third-order valence-corrected chi connectivity index (χ3v) is 4.42. The number of benzene rings is 2. The molecule has 0 fully saturated rings. The molecule has 0 saturated heterocycles. The van der Waals surface area contributed by atoms with Gasteiger partial charge in [0.1, 0.15) is 0 Å². The quantitative estimate of drug-likeness (QED) is 0.926. The number of hydrogen-bond acceptors (Lipinski definition) is 3. The molecule has 132 valence electrons. The van der Waals surface area contributed by atoms with Gasteiger partial charge in [-0.05, 0) is 68.7 Å². The van der Waals surface area contributed by atoms with Crippen LogP contribution in [0.5, 0.6) is 0 Å². The van der Waals surface area contributed by atoms with Crippen molar-refractivity contribution in [2.75, 3.05) is 11.4 Å². The molecule has 1 aliphatic rings. The average molecular weight is 347 g/mol. The predicted octanol–water partition coefficient (Wildman–Crippen LogP) is 3.29. The maximum Gasteiger partial charge on any atom is 0.258 e. The topological polar surface area (TPSA) is 73.2 Å². The highest BCUT2D eigenvalue weighted by atomic mass is 16.2. The monoisotopic (exact) mass is 347 g/mol. The first-order chi connectivity index (χ1) is 12.5. The molecule has 3 rings (SSSR count). The van der Waals surface area contributed by atoms with Crippen LogP contribution in [0.2, 0.25) is 0 Å². The Labute approximate surface area is 153 Å². The van der Waals surface area contributed by atoms with E-state index in [9.17, 15) is 9.59 Å². The predicted molar refractivity (Wildman–Crippen MR) is 100 cm³/mol. The highest BCUT2D eigenvalue weighted by Gasteiger charge is 2.26. The van der Waals surface area contributed by atoms with E-state index < -0.39 is 0 Å². The van der Waals surface area contributed by atoms with E-state index >= 15 is 0 Å². The molecular weight excluding hydrogens is 326 g/mol. The summed E-state index contributed by atoms with van der Waals surface area (Å²) in [5.41, 5.74) is 3.40. The largest absolute Gasteiger partial charge is 0.350 e. The summed E-state index contributed by atoms with van der Waals surface area (Å²) < 4.78 is 0. The Kier molecular flexibility index (Phi) is 5.04. The first kappa shape index (κ1) is 17.7. The van der Waals surface area contributed by atoms with Gasteiger partial charge in [0.2, 0.25) is 0 Å². The van der Waals surface area contributed by atoms with Crippen molar-refractivity contribution < 1.29 is 9.59 Å². The van der Waals surface area contributed by atoms with Crippen molar-refractivity contribution in [3.05, 3.63) is 64.7 Å². The first-order valence-corrected chi connectivity index (χ1v) is 8.76. The van der Waals surface area contributed by atoms with Gasteiger partial charge >= 0.3 is 0 Å². The summed E-state index contributed by atoms with van der Waals surface area (Å²) in [6.07, 6.45) is 1.58. The minimum absolute atomic E-state index is 0.0540. The number of carbonyl (C=O) groups excluding carboxylic acids is 2. The highest BCUT2D eigenvalue weighted by Crippen LogP contribution is 2.31. The van der Waals surface area contributed by atoms with E-state index in [0.717, 1.165) is 24.1 Å². The molecule has 5 nitrogen and oxygen atoms in total. The number of carbonyl (C=O) groups is 2. The lowest BCUT2D eigenvalue weighted by Gasteiger charge is -2.31. The zero-order valence-corrected chi connectivity index (χ0v) is 15.0. The Morgan fingerprint density at radius 3 is 2.54 bits per heavy atom. The first-order valence-electron chi connectivity index (χ1n) is 8.76. The van der Waals surface area contributed by atoms with Crippen molar-refractivity contribution in [3.8, 4) is 6.07 Å². The van der Waals surface area contributed by atoms with E-state index in [1.54, 1.807) is 29.2 Å². The molecule has 5 heteroatoms. The Morgan fingerprint density at radius 1 is 1.15 bits per heavy atom. The molecule has 1 aliphatic heterocycles. The summed E-state index contributed by atoms with van der Waals surface area (Å²) >= 11 is 0. The molecular formula is C21H21N3O2. The fourth-order valence-electron chi connectivity index (χ4n) is 3.23. The Balaban J connectivity index is 1.94. The summed E-state index contributed by atoms with van der Waals surface area (Å²) in [6, 6.07) is 14.3. The minimum atomic E-state index is -0.114. The molecule has 0 radical (unpaired) electrons. The molecule has 0 saturated carbocycles. The lowest BCUT2D eigenvalue weighted by molar-refractivity contribution is 0.0938. The number of nitriles is 1. The van der Waals surface area contributed by atoms with E-state index in [-0.39, 0.29) is 17.9 Å².